The summed E-state index contributed by atoms with van der Waals surface area (Å²) in [5.74, 6) is -0.243. The van der Waals surface area contributed by atoms with Crippen molar-refractivity contribution in [1.82, 2.24) is 9.78 Å². The van der Waals surface area contributed by atoms with Crippen LogP contribution >= 0.6 is 0 Å². The van der Waals surface area contributed by atoms with Gasteiger partial charge in [-0.25, -0.2) is 0 Å². The van der Waals surface area contributed by atoms with Gasteiger partial charge < -0.3 is 11.1 Å². The molecular formula is C15H14N4O. The van der Waals surface area contributed by atoms with Crippen molar-refractivity contribution in [2.45, 2.75) is 0 Å². The highest BCUT2D eigenvalue weighted by molar-refractivity contribution is 6.11. The average Bonchev–Trinajstić information content (AvgIpc) is 2.77. The fraction of sp³-hybridized carbons (Fsp3) is 0.0667. The van der Waals surface area contributed by atoms with Gasteiger partial charge in [-0.15, -0.1) is 0 Å². The van der Waals surface area contributed by atoms with E-state index < -0.39 is 0 Å². The molecule has 5 heteroatoms. The quantitative estimate of drug-likeness (QED) is 0.699. The number of carbonyl (C=O) groups is 1. The van der Waals surface area contributed by atoms with Crippen molar-refractivity contribution in [2.75, 3.05) is 11.1 Å². The number of hydrogen-bond donors (Lipinski definition) is 2. The van der Waals surface area contributed by atoms with E-state index in [2.05, 4.69) is 10.4 Å². The second kappa shape index (κ2) is 4.70. The molecule has 20 heavy (non-hydrogen) atoms. The van der Waals surface area contributed by atoms with Crippen LogP contribution in [0, 0.1) is 0 Å². The third-order valence-electron chi connectivity index (χ3n) is 3.12. The van der Waals surface area contributed by atoms with Crippen molar-refractivity contribution < 1.29 is 4.79 Å². The van der Waals surface area contributed by atoms with Gasteiger partial charge in [-0.3, -0.25) is 9.48 Å². The van der Waals surface area contributed by atoms with E-state index in [1.807, 2.05) is 31.3 Å². The predicted octanol–water partition coefficient (Wildman–Crippen LogP) is 2.41. The molecule has 3 aromatic rings. The minimum absolute atomic E-state index is 0.243. The summed E-state index contributed by atoms with van der Waals surface area (Å²) in [6, 6.07) is 14.7. The summed E-state index contributed by atoms with van der Waals surface area (Å²) in [6.07, 6.45) is 0. The number of fused-ring (bicyclic) bond motifs is 1. The lowest BCUT2D eigenvalue weighted by Crippen LogP contribution is -2.13. The first-order valence-electron chi connectivity index (χ1n) is 6.24. The molecule has 100 valence electrons. The maximum atomic E-state index is 12.3. The number of anilines is 2. The standard InChI is InChI=1S/C15H14N4O/c1-19-13-8-3-2-7-12(13)14(18-19)15(20)17-11-6-4-5-10(16)9-11/h2-9H,16H2,1H3,(H,17,20). The number of amides is 1. The molecule has 0 bridgehead atoms. The summed E-state index contributed by atoms with van der Waals surface area (Å²) < 4.78 is 1.70. The molecule has 5 nitrogen and oxygen atoms in total. The Morgan fingerprint density at radius 3 is 2.80 bits per heavy atom. The lowest BCUT2D eigenvalue weighted by Gasteiger charge is -2.04. The minimum atomic E-state index is -0.243. The number of aryl methyl sites for hydroxylation is 1. The van der Waals surface area contributed by atoms with Crippen molar-refractivity contribution >= 4 is 28.2 Å². The summed E-state index contributed by atoms with van der Waals surface area (Å²) in [5, 5.41) is 7.92. The van der Waals surface area contributed by atoms with Crippen LogP contribution in [0.1, 0.15) is 10.5 Å². The average molecular weight is 266 g/mol. The normalized spacial score (nSPS) is 10.7. The molecule has 2 aromatic carbocycles. The molecule has 0 radical (unpaired) electrons. The number of benzene rings is 2. The third kappa shape index (κ3) is 2.09. The maximum absolute atomic E-state index is 12.3. The zero-order valence-corrected chi connectivity index (χ0v) is 11.0. The van der Waals surface area contributed by atoms with Crippen LogP contribution in [0.2, 0.25) is 0 Å². The van der Waals surface area contributed by atoms with E-state index in [1.54, 1.807) is 28.9 Å². The first-order valence-corrected chi connectivity index (χ1v) is 6.24. The highest BCUT2D eigenvalue weighted by Crippen LogP contribution is 2.19. The van der Waals surface area contributed by atoms with Crippen molar-refractivity contribution in [1.29, 1.82) is 0 Å². The van der Waals surface area contributed by atoms with E-state index in [1.165, 1.54) is 0 Å². The van der Waals surface area contributed by atoms with Crippen LogP contribution in [0.3, 0.4) is 0 Å². The number of para-hydroxylation sites is 1. The Balaban J connectivity index is 1.97. The number of nitrogens with two attached hydrogens (primary N) is 1. The Kier molecular flexibility index (Phi) is 2.87. The number of nitrogen functional groups attached to an aromatic ring is 1. The molecule has 0 atom stereocenters. The third-order valence-corrected chi connectivity index (χ3v) is 3.12. The number of nitrogens with one attached hydrogen (secondary N) is 1. The lowest BCUT2D eigenvalue weighted by atomic mass is 10.2. The molecular weight excluding hydrogens is 252 g/mol. The van der Waals surface area contributed by atoms with Crippen molar-refractivity contribution in [3.63, 3.8) is 0 Å². The van der Waals surface area contributed by atoms with E-state index in [4.69, 9.17) is 5.73 Å². The number of carbonyl (C=O) groups excluding carboxylic acids is 1. The summed E-state index contributed by atoms with van der Waals surface area (Å²) >= 11 is 0. The largest absolute Gasteiger partial charge is 0.399 e. The van der Waals surface area contributed by atoms with Gasteiger partial charge in [-0.05, 0) is 24.3 Å². The van der Waals surface area contributed by atoms with Gasteiger partial charge >= 0.3 is 0 Å². The van der Waals surface area contributed by atoms with Crippen LogP contribution in [-0.4, -0.2) is 15.7 Å². The Labute approximate surface area is 116 Å². The topological polar surface area (TPSA) is 72.9 Å². The fourth-order valence-electron chi connectivity index (χ4n) is 2.19. The molecule has 1 amide bonds. The summed E-state index contributed by atoms with van der Waals surface area (Å²) in [5.41, 5.74) is 8.29. The predicted molar refractivity (Wildman–Crippen MR) is 79.5 cm³/mol. The van der Waals surface area contributed by atoms with Gasteiger partial charge in [-0.2, -0.15) is 5.10 Å². The first kappa shape index (κ1) is 12.2. The fourth-order valence-corrected chi connectivity index (χ4v) is 2.19. The Bertz CT molecular complexity index is 791. The van der Waals surface area contributed by atoms with Crippen LogP contribution in [0.25, 0.3) is 10.9 Å². The zero-order chi connectivity index (χ0) is 14.1. The van der Waals surface area contributed by atoms with Crippen molar-refractivity contribution in [2.24, 2.45) is 7.05 Å². The molecule has 0 saturated heterocycles. The van der Waals surface area contributed by atoms with Gasteiger partial charge in [0.15, 0.2) is 5.69 Å². The molecule has 3 rings (SSSR count). The second-order valence-corrected chi connectivity index (χ2v) is 4.57. The van der Waals surface area contributed by atoms with Gasteiger partial charge in [0.2, 0.25) is 0 Å². The number of aromatic nitrogens is 2. The first-order chi connectivity index (χ1) is 9.65. The molecule has 0 saturated carbocycles. The highest BCUT2D eigenvalue weighted by Gasteiger charge is 2.15. The van der Waals surface area contributed by atoms with Crippen LogP contribution in [0.4, 0.5) is 11.4 Å². The summed E-state index contributed by atoms with van der Waals surface area (Å²) in [6.45, 7) is 0. The van der Waals surface area contributed by atoms with Crippen LogP contribution in [0.5, 0.6) is 0 Å². The molecule has 0 fully saturated rings. The summed E-state index contributed by atoms with van der Waals surface area (Å²) in [7, 11) is 1.82. The molecule has 0 spiro atoms. The Morgan fingerprint density at radius 1 is 1.20 bits per heavy atom. The van der Waals surface area contributed by atoms with Gasteiger partial charge in [0.25, 0.3) is 5.91 Å². The van der Waals surface area contributed by atoms with Crippen molar-refractivity contribution in [3.8, 4) is 0 Å². The molecule has 3 N–H and O–H groups in total. The Hall–Kier alpha value is -2.82. The molecule has 0 aliphatic carbocycles. The van der Waals surface area contributed by atoms with Gasteiger partial charge in [-0.1, -0.05) is 24.3 Å². The highest BCUT2D eigenvalue weighted by atomic mass is 16.2. The van der Waals surface area contributed by atoms with Gasteiger partial charge in [0.05, 0.1) is 5.52 Å². The summed E-state index contributed by atoms with van der Waals surface area (Å²) in [4.78, 5) is 12.3. The monoisotopic (exact) mass is 266 g/mol. The van der Waals surface area contributed by atoms with E-state index in [0.717, 1.165) is 10.9 Å². The number of rotatable bonds is 2. The maximum Gasteiger partial charge on any atom is 0.276 e. The number of hydrogen-bond acceptors (Lipinski definition) is 3. The van der Waals surface area contributed by atoms with Crippen LogP contribution in [-0.2, 0) is 7.05 Å². The van der Waals surface area contributed by atoms with Gasteiger partial charge in [0, 0.05) is 23.8 Å². The SMILES string of the molecule is Cn1nc(C(=O)Nc2cccc(N)c2)c2ccccc21. The Morgan fingerprint density at radius 2 is 2.00 bits per heavy atom. The molecule has 1 aromatic heterocycles. The molecule has 0 unspecified atom stereocenters. The smallest absolute Gasteiger partial charge is 0.276 e. The molecule has 1 heterocycles. The zero-order valence-electron chi connectivity index (χ0n) is 11.0. The molecule has 0 aliphatic rings. The second-order valence-electron chi connectivity index (χ2n) is 4.57. The molecule has 0 aliphatic heterocycles. The van der Waals surface area contributed by atoms with E-state index in [9.17, 15) is 4.79 Å². The van der Waals surface area contributed by atoms with E-state index in [0.29, 0.717) is 17.1 Å². The number of nitrogens with zero attached hydrogens (tertiary/aromatic N) is 2. The van der Waals surface area contributed by atoms with Crippen LogP contribution < -0.4 is 11.1 Å². The minimum Gasteiger partial charge on any atom is -0.399 e. The van der Waals surface area contributed by atoms with E-state index >= 15 is 0 Å². The van der Waals surface area contributed by atoms with Crippen LogP contribution in [0.15, 0.2) is 48.5 Å². The van der Waals surface area contributed by atoms with E-state index in [-0.39, 0.29) is 5.91 Å². The van der Waals surface area contributed by atoms with Crippen molar-refractivity contribution in [3.05, 3.63) is 54.2 Å². The van der Waals surface area contributed by atoms with Gasteiger partial charge in [0.1, 0.15) is 0 Å². The lowest BCUT2D eigenvalue weighted by molar-refractivity contribution is 0.102.